The van der Waals surface area contributed by atoms with Crippen LogP contribution in [-0.4, -0.2) is 46.7 Å². The normalized spacial score (nSPS) is 11.7. The van der Waals surface area contributed by atoms with Crippen LogP contribution in [0.25, 0.3) is 5.69 Å². The molecule has 0 bridgehead atoms. The Bertz CT molecular complexity index is 883. The highest BCUT2D eigenvalue weighted by molar-refractivity contribution is 5.34. The summed E-state index contributed by atoms with van der Waals surface area (Å²) < 4.78 is 1.98. The fourth-order valence-electron chi connectivity index (χ4n) is 3.45. The topological polar surface area (TPSA) is 87.7 Å². The zero-order chi connectivity index (χ0) is 21.3. The molecule has 0 aliphatic carbocycles. The molecule has 1 heterocycles. The highest BCUT2D eigenvalue weighted by Crippen LogP contribution is 2.13. The molecular weight excluding hydrogens is 368 g/mol. The van der Waals surface area contributed by atoms with Crippen molar-refractivity contribution in [1.82, 2.24) is 14.5 Å². The van der Waals surface area contributed by atoms with Crippen molar-refractivity contribution >= 4 is 0 Å². The summed E-state index contributed by atoms with van der Waals surface area (Å²) in [4.78, 5) is 38.9. The average molecular weight is 404 g/mol. The number of unbranched alkanes of at least 4 members (excludes halogenated alkanes) is 7. The van der Waals surface area contributed by atoms with Crippen LogP contribution in [0.2, 0.25) is 0 Å². The van der Waals surface area contributed by atoms with Crippen LogP contribution >= 0.6 is 0 Å². The molecule has 2 aromatic rings. The summed E-state index contributed by atoms with van der Waals surface area (Å²) in [6, 6.07) is 7.33. The molecule has 0 radical (unpaired) electrons. The number of aromatic amines is 2. The summed E-state index contributed by atoms with van der Waals surface area (Å²) in [6.07, 6.45) is 11.2. The van der Waals surface area contributed by atoms with Crippen LogP contribution in [0.15, 0.2) is 38.6 Å². The van der Waals surface area contributed by atoms with Gasteiger partial charge in [0.2, 0.25) is 0 Å². The van der Waals surface area contributed by atoms with Crippen molar-refractivity contribution in [3.05, 3.63) is 61.3 Å². The van der Waals surface area contributed by atoms with E-state index in [1.165, 1.54) is 57.1 Å². The van der Waals surface area contributed by atoms with E-state index in [4.69, 9.17) is 0 Å². The van der Waals surface area contributed by atoms with Crippen molar-refractivity contribution < 1.29 is 4.48 Å². The molecule has 2 rings (SSSR count). The number of nitrogens with zero attached hydrogens (tertiary/aromatic N) is 2. The Balaban J connectivity index is 1.66. The van der Waals surface area contributed by atoms with E-state index >= 15 is 0 Å². The molecule has 29 heavy (non-hydrogen) atoms. The van der Waals surface area contributed by atoms with Gasteiger partial charge in [-0.2, -0.15) is 0 Å². The smallest absolute Gasteiger partial charge is 0.331 e. The molecule has 1 aromatic heterocycles. The molecule has 0 spiro atoms. The highest BCUT2D eigenvalue weighted by atomic mass is 16.2. The fraction of sp³-hybridized carbons (Fsp3) is 0.591. The van der Waals surface area contributed by atoms with Gasteiger partial charge in [0.15, 0.2) is 0 Å². The maximum Gasteiger partial charge on any atom is 0.338 e. The van der Waals surface area contributed by atoms with Gasteiger partial charge in [0.05, 0.1) is 33.4 Å². The molecule has 7 heteroatoms. The Morgan fingerprint density at radius 1 is 0.724 bits per heavy atom. The van der Waals surface area contributed by atoms with Crippen LogP contribution in [0.5, 0.6) is 0 Å². The second-order valence-corrected chi connectivity index (χ2v) is 8.78. The number of aryl methyl sites for hydroxylation is 1. The van der Waals surface area contributed by atoms with Gasteiger partial charge in [-0.1, -0.05) is 44.2 Å². The van der Waals surface area contributed by atoms with Gasteiger partial charge in [-0.25, -0.2) is 19.0 Å². The number of benzene rings is 1. The van der Waals surface area contributed by atoms with Gasteiger partial charge in [0.1, 0.15) is 0 Å². The Hall–Kier alpha value is -2.41. The first-order valence-electron chi connectivity index (χ1n) is 10.6. The summed E-state index contributed by atoms with van der Waals surface area (Å²) in [5.41, 5.74) is -0.630. The standard InChI is InChI=1S/C22H34N4O3/c1-26(2,3)17-11-9-7-5-4-6-8-10-12-18-13-15-19(16-14-18)25-21(28)23-20(27)24-22(25)29/h13-16H,4-12,17H2,1-3H3,(H-,23,24,27,28,29)/p+1. The fourth-order valence-corrected chi connectivity index (χ4v) is 3.45. The lowest BCUT2D eigenvalue weighted by Gasteiger charge is -2.23. The van der Waals surface area contributed by atoms with E-state index in [1.807, 2.05) is 12.1 Å². The molecule has 2 N–H and O–H groups in total. The van der Waals surface area contributed by atoms with Gasteiger partial charge < -0.3 is 4.48 Å². The van der Waals surface area contributed by atoms with Crippen molar-refractivity contribution in [2.24, 2.45) is 0 Å². The summed E-state index contributed by atoms with van der Waals surface area (Å²) in [5.74, 6) is 0. The van der Waals surface area contributed by atoms with E-state index in [-0.39, 0.29) is 0 Å². The first-order chi connectivity index (χ1) is 13.8. The third-order valence-corrected chi connectivity index (χ3v) is 5.09. The van der Waals surface area contributed by atoms with E-state index in [9.17, 15) is 14.4 Å². The van der Waals surface area contributed by atoms with Gasteiger partial charge in [-0.15, -0.1) is 0 Å². The molecule has 0 saturated carbocycles. The number of aromatic nitrogens is 3. The average Bonchev–Trinajstić information content (AvgIpc) is 2.62. The lowest BCUT2D eigenvalue weighted by molar-refractivity contribution is -0.870. The minimum atomic E-state index is -0.794. The maximum atomic E-state index is 11.8. The van der Waals surface area contributed by atoms with E-state index in [1.54, 1.807) is 12.1 Å². The molecule has 1 aromatic carbocycles. The zero-order valence-corrected chi connectivity index (χ0v) is 18.0. The largest absolute Gasteiger partial charge is 0.338 e. The van der Waals surface area contributed by atoms with E-state index in [0.717, 1.165) is 21.9 Å². The second kappa shape index (κ2) is 11.0. The quantitative estimate of drug-likeness (QED) is 0.422. The van der Waals surface area contributed by atoms with Crippen LogP contribution in [0.1, 0.15) is 56.9 Å². The molecule has 0 atom stereocenters. The van der Waals surface area contributed by atoms with Crippen LogP contribution in [-0.2, 0) is 6.42 Å². The molecule has 7 nitrogen and oxygen atoms in total. The maximum absolute atomic E-state index is 11.8. The predicted molar refractivity (Wildman–Crippen MR) is 117 cm³/mol. The molecule has 0 aliphatic rings. The minimum Gasteiger partial charge on any atom is -0.331 e. The first-order valence-corrected chi connectivity index (χ1v) is 10.6. The van der Waals surface area contributed by atoms with E-state index in [0.29, 0.717) is 5.69 Å². The lowest BCUT2D eigenvalue weighted by atomic mass is 10.0. The first kappa shape index (κ1) is 22.9. The number of H-pyrrole nitrogens is 2. The monoisotopic (exact) mass is 403 g/mol. The number of hydrogen-bond acceptors (Lipinski definition) is 3. The van der Waals surface area contributed by atoms with Crippen molar-refractivity contribution in [1.29, 1.82) is 0 Å². The van der Waals surface area contributed by atoms with Gasteiger partial charge in [-0.05, 0) is 43.4 Å². The molecule has 160 valence electrons. The third-order valence-electron chi connectivity index (χ3n) is 5.09. The van der Waals surface area contributed by atoms with E-state index in [2.05, 4.69) is 31.1 Å². The molecule has 0 fully saturated rings. The second-order valence-electron chi connectivity index (χ2n) is 8.78. The SMILES string of the molecule is C[N+](C)(C)CCCCCCCCCCc1ccc(-n2c(=O)[nH]c(=O)[nH]c2=O)cc1. The molecule has 0 amide bonds. The van der Waals surface area contributed by atoms with Crippen LogP contribution in [0, 0.1) is 0 Å². The number of rotatable bonds is 12. The van der Waals surface area contributed by atoms with Crippen LogP contribution in [0.4, 0.5) is 0 Å². The van der Waals surface area contributed by atoms with Crippen molar-refractivity contribution in [3.63, 3.8) is 0 Å². The number of nitrogens with one attached hydrogen (secondary N) is 2. The van der Waals surface area contributed by atoms with Gasteiger partial charge in [-0.3, -0.25) is 9.97 Å². The summed E-state index contributed by atoms with van der Waals surface area (Å²) in [7, 11) is 6.74. The van der Waals surface area contributed by atoms with Crippen molar-refractivity contribution in [2.45, 2.75) is 57.8 Å². The molecular formula is C22H35N4O3+. The van der Waals surface area contributed by atoms with Gasteiger partial charge in [0, 0.05) is 0 Å². The third kappa shape index (κ3) is 8.23. The summed E-state index contributed by atoms with van der Waals surface area (Å²) in [6.45, 7) is 1.25. The summed E-state index contributed by atoms with van der Waals surface area (Å²) in [5, 5.41) is 0. The molecule has 0 unspecified atom stereocenters. The van der Waals surface area contributed by atoms with Gasteiger partial charge >= 0.3 is 17.1 Å². The Labute approximate surface area is 172 Å². The summed E-state index contributed by atoms with van der Waals surface area (Å²) >= 11 is 0. The zero-order valence-electron chi connectivity index (χ0n) is 18.0. The minimum absolute atomic E-state index is 0.446. The van der Waals surface area contributed by atoms with Gasteiger partial charge in [0.25, 0.3) is 0 Å². The van der Waals surface area contributed by atoms with Crippen molar-refractivity contribution in [3.8, 4) is 5.69 Å². The Kier molecular flexibility index (Phi) is 8.64. The van der Waals surface area contributed by atoms with E-state index < -0.39 is 17.1 Å². The Morgan fingerprint density at radius 3 is 1.72 bits per heavy atom. The predicted octanol–water partition coefficient (Wildman–Crippen LogP) is 2.58. The van der Waals surface area contributed by atoms with Crippen LogP contribution in [0.3, 0.4) is 0 Å². The Morgan fingerprint density at radius 2 is 1.21 bits per heavy atom. The number of hydrogen-bond donors (Lipinski definition) is 2. The van der Waals surface area contributed by atoms with Crippen molar-refractivity contribution in [2.75, 3.05) is 27.7 Å². The molecule has 0 aliphatic heterocycles. The molecule has 0 saturated heterocycles. The van der Waals surface area contributed by atoms with Crippen LogP contribution < -0.4 is 17.1 Å². The number of quaternary nitrogens is 1. The highest BCUT2D eigenvalue weighted by Gasteiger charge is 2.06. The lowest BCUT2D eigenvalue weighted by Crippen LogP contribution is -2.42.